The summed E-state index contributed by atoms with van der Waals surface area (Å²) in [6, 6.07) is 7.99. The summed E-state index contributed by atoms with van der Waals surface area (Å²) in [5, 5.41) is 22.5. The van der Waals surface area contributed by atoms with Crippen LogP contribution in [-0.4, -0.2) is 53.6 Å². The quantitative estimate of drug-likeness (QED) is 0.752. The van der Waals surface area contributed by atoms with E-state index in [0.717, 1.165) is 63.7 Å². The number of amides is 2. The van der Waals surface area contributed by atoms with Gasteiger partial charge in [-0.2, -0.15) is 5.26 Å². The minimum Gasteiger partial charge on any atom is -0.393 e. The number of nitriles is 1. The lowest BCUT2D eigenvalue weighted by Crippen LogP contribution is -2.50. The molecule has 1 spiro atoms. The zero-order valence-electron chi connectivity index (χ0n) is 19.1. The average molecular weight is 439 g/mol. The molecule has 0 radical (unpaired) electrons. The normalized spacial score (nSPS) is 28.3. The smallest absolute Gasteiger partial charge is 0.230 e. The molecule has 4 rings (SSSR count). The van der Waals surface area contributed by atoms with Crippen molar-refractivity contribution in [1.82, 2.24) is 4.90 Å². The molecule has 2 saturated heterocycles. The van der Waals surface area contributed by atoms with Crippen molar-refractivity contribution in [1.29, 1.82) is 5.26 Å². The predicted molar refractivity (Wildman–Crippen MR) is 123 cm³/mol. The number of likely N-dealkylation sites (tertiary alicyclic amines) is 1. The summed E-state index contributed by atoms with van der Waals surface area (Å²) < 4.78 is 0. The molecule has 1 atom stereocenters. The third-order valence-corrected chi connectivity index (χ3v) is 7.48. The molecule has 2 amide bonds. The summed E-state index contributed by atoms with van der Waals surface area (Å²) in [6.07, 6.45) is 5.76. The summed E-state index contributed by atoms with van der Waals surface area (Å²) >= 11 is 0. The van der Waals surface area contributed by atoms with Gasteiger partial charge in [0.15, 0.2) is 0 Å². The molecule has 1 aromatic rings. The molecule has 0 unspecified atom stereocenters. The van der Waals surface area contributed by atoms with Gasteiger partial charge >= 0.3 is 0 Å². The highest BCUT2D eigenvalue weighted by atomic mass is 16.3. The Bertz CT molecular complexity index is 916. The van der Waals surface area contributed by atoms with Gasteiger partial charge < -0.3 is 20.2 Å². The average Bonchev–Trinajstić information content (AvgIpc) is 3.09. The molecule has 3 aliphatic rings. The Morgan fingerprint density at radius 2 is 1.97 bits per heavy atom. The van der Waals surface area contributed by atoms with Crippen LogP contribution in [0.15, 0.2) is 18.2 Å². The van der Waals surface area contributed by atoms with Gasteiger partial charge in [-0.25, -0.2) is 0 Å². The topological polar surface area (TPSA) is 96.7 Å². The van der Waals surface area contributed by atoms with Crippen molar-refractivity contribution >= 4 is 23.2 Å². The Morgan fingerprint density at radius 3 is 2.66 bits per heavy atom. The summed E-state index contributed by atoms with van der Waals surface area (Å²) in [6.45, 7) is 5.90. The van der Waals surface area contributed by atoms with Crippen molar-refractivity contribution in [3.8, 4) is 6.07 Å². The second-order valence-corrected chi connectivity index (χ2v) is 10.0. The molecule has 0 bridgehead atoms. The van der Waals surface area contributed by atoms with Crippen LogP contribution in [0.4, 0.5) is 11.4 Å². The van der Waals surface area contributed by atoms with Gasteiger partial charge in [0.05, 0.1) is 22.8 Å². The maximum absolute atomic E-state index is 13.6. The van der Waals surface area contributed by atoms with Crippen molar-refractivity contribution in [3.05, 3.63) is 23.8 Å². The molecule has 7 heteroatoms. The molecule has 172 valence electrons. The monoisotopic (exact) mass is 438 g/mol. The van der Waals surface area contributed by atoms with Crippen molar-refractivity contribution in [3.63, 3.8) is 0 Å². The number of rotatable bonds is 4. The number of hydrogen-bond donors (Lipinski definition) is 2. The van der Waals surface area contributed by atoms with E-state index in [-0.39, 0.29) is 35.3 Å². The number of nitrogens with zero attached hydrogens (tertiary/aromatic N) is 3. The van der Waals surface area contributed by atoms with Gasteiger partial charge in [-0.15, -0.1) is 0 Å². The van der Waals surface area contributed by atoms with Crippen molar-refractivity contribution < 1.29 is 14.7 Å². The minimum absolute atomic E-state index is 0.0783. The fourth-order valence-electron chi connectivity index (χ4n) is 5.55. The molecule has 7 nitrogen and oxygen atoms in total. The summed E-state index contributed by atoms with van der Waals surface area (Å²) in [7, 11) is 0. The van der Waals surface area contributed by atoms with Gasteiger partial charge in [0, 0.05) is 37.3 Å². The molecule has 3 fully saturated rings. The van der Waals surface area contributed by atoms with Crippen LogP contribution in [0.5, 0.6) is 0 Å². The molecule has 2 N–H and O–H groups in total. The maximum atomic E-state index is 13.6. The van der Waals surface area contributed by atoms with Crippen LogP contribution in [0.25, 0.3) is 0 Å². The Morgan fingerprint density at radius 1 is 1.22 bits per heavy atom. The fraction of sp³-hybridized carbons (Fsp3) is 0.640. The van der Waals surface area contributed by atoms with Gasteiger partial charge in [0.25, 0.3) is 0 Å². The first kappa shape index (κ1) is 22.6. The number of benzene rings is 1. The zero-order valence-corrected chi connectivity index (χ0v) is 19.1. The Kier molecular flexibility index (Phi) is 6.43. The molecule has 0 aromatic heterocycles. The van der Waals surface area contributed by atoms with Crippen molar-refractivity contribution in [2.75, 3.05) is 29.9 Å². The lowest BCUT2D eigenvalue weighted by Gasteiger charge is -2.41. The van der Waals surface area contributed by atoms with Crippen molar-refractivity contribution in [2.45, 2.75) is 70.9 Å². The highest BCUT2D eigenvalue weighted by molar-refractivity contribution is 5.92. The van der Waals surface area contributed by atoms with E-state index < -0.39 is 0 Å². The van der Waals surface area contributed by atoms with E-state index in [4.69, 9.17) is 0 Å². The first-order valence-corrected chi connectivity index (χ1v) is 11.9. The Hall–Kier alpha value is -2.59. The lowest BCUT2D eigenvalue weighted by atomic mass is 9.78. The Labute approximate surface area is 190 Å². The van der Waals surface area contributed by atoms with Crippen LogP contribution in [0, 0.1) is 22.7 Å². The van der Waals surface area contributed by atoms with Crippen LogP contribution in [-0.2, 0) is 9.59 Å². The summed E-state index contributed by atoms with van der Waals surface area (Å²) in [5.41, 5.74) is 1.60. The van der Waals surface area contributed by atoms with Crippen LogP contribution in [0.2, 0.25) is 0 Å². The second-order valence-electron chi connectivity index (χ2n) is 10.0. The first-order valence-electron chi connectivity index (χ1n) is 11.9. The molecule has 1 aliphatic carbocycles. The van der Waals surface area contributed by atoms with E-state index in [0.29, 0.717) is 17.8 Å². The van der Waals surface area contributed by atoms with E-state index in [1.807, 2.05) is 26.0 Å². The molecular weight excluding hydrogens is 404 g/mol. The number of nitrogens with one attached hydrogen (secondary N) is 1. The van der Waals surface area contributed by atoms with E-state index >= 15 is 0 Å². The van der Waals surface area contributed by atoms with Crippen LogP contribution in [0.1, 0.15) is 64.4 Å². The molecule has 1 aromatic carbocycles. The van der Waals surface area contributed by atoms with Crippen LogP contribution < -0.4 is 10.2 Å². The van der Waals surface area contributed by atoms with E-state index in [9.17, 15) is 20.0 Å². The number of hydrogen-bond acceptors (Lipinski definition) is 5. The number of aliphatic hydroxyl groups excluding tert-OH is 1. The molecular formula is C25H34N4O3. The highest BCUT2D eigenvalue weighted by Crippen LogP contribution is 2.44. The lowest BCUT2D eigenvalue weighted by molar-refractivity contribution is -0.139. The van der Waals surface area contributed by atoms with E-state index in [1.165, 1.54) is 0 Å². The van der Waals surface area contributed by atoms with Crippen LogP contribution in [0.3, 0.4) is 0 Å². The van der Waals surface area contributed by atoms with E-state index in [1.54, 1.807) is 6.07 Å². The first-order chi connectivity index (χ1) is 15.3. The second kappa shape index (κ2) is 9.11. The largest absolute Gasteiger partial charge is 0.393 e. The summed E-state index contributed by atoms with van der Waals surface area (Å²) in [5.74, 6) is 0.0410. The van der Waals surface area contributed by atoms with Gasteiger partial charge in [-0.3, -0.25) is 9.59 Å². The maximum Gasteiger partial charge on any atom is 0.230 e. The van der Waals surface area contributed by atoms with Crippen molar-refractivity contribution in [2.24, 2.45) is 11.3 Å². The van der Waals surface area contributed by atoms with E-state index in [2.05, 4.69) is 21.2 Å². The van der Waals surface area contributed by atoms with Gasteiger partial charge in [0.2, 0.25) is 11.8 Å². The fourth-order valence-corrected chi connectivity index (χ4v) is 5.55. The third kappa shape index (κ3) is 4.33. The van der Waals surface area contributed by atoms with Gasteiger partial charge in [-0.05, 0) is 63.1 Å². The number of piperidine rings is 1. The zero-order chi connectivity index (χ0) is 22.9. The van der Waals surface area contributed by atoms with Gasteiger partial charge in [-0.1, -0.05) is 13.8 Å². The number of aliphatic hydroxyl groups is 1. The SMILES string of the molecule is CC(C)C(=O)Nc1ccc(N2CCC[C@]3(CCN([C@H]4CC[C@H](O)CC4)C3=O)C2)c(C#N)c1. The number of carbonyl (C=O) groups excluding carboxylic acids is 2. The molecule has 1 saturated carbocycles. The molecule has 2 aliphatic heterocycles. The van der Waals surface area contributed by atoms with Gasteiger partial charge in [0.1, 0.15) is 6.07 Å². The highest BCUT2D eigenvalue weighted by Gasteiger charge is 2.50. The molecule has 2 heterocycles. The van der Waals surface area contributed by atoms with Crippen LogP contribution >= 0.6 is 0 Å². The molecule has 32 heavy (non-hydrogen) atoms. The summed E-state index contributed by atoms with van der Waals surface area (Å²) in [4.78, 5) is 29.8. The number of anilines is 2. The number of carbonyl (C=O) groups is 2. The third-order valence-electron chi connectivity index (χ3n) is 7.48. The standard InChI is InChI=1S/C25H34N4O3/c1-17(2)23(31)27-19-4-9-22(18(14-19)15-26)28-12-3-10-25(16-28)11-13-29(24(25)32)20-5-7-21(30)8-6-20/h4,9,14,17,20-21,30H,3,5-8,10-13,16H2,1-2H3,(H,27,31)/t20-,21-,25-/m0/s1. The minimum atomic E-state index is -0.383. The predicted octanol–water partition coefficient (Wildman–Crippen LogP) is 3.28. The Balaban J connectivity index is 1.50.